The van der Waals surface area contributed by atoms with E-state index in [4.69, 9.17) is 4.74 Å². The van der Waals surface area contributed by atoms with Crippen LogP contribution in [-0.2, 0) is 11.2 Å². The molecule has 1 aromatic rings. The minimum absolute atomic E-state index is 0.273. The van der Waals surface area contributed by atoms with Crippen LogP contribution in [0.3, 0.4) is 0 Å². The standard InChI is InChI=1S/C18H27N3O2/c1-14-7-5-6-8-15(14)9-10-19-16-13-21(12-11-20-16)17(22)23-18(2,3)4/h5-8H,9-13H2,1-4H3,(H,19,20). The van der Waals surface area contributed by atoms with E-state index in [2.05, 4.69) is 41.5 Å². The molecule has 1 aliphatic heterocycles. The van der Waals surface area contributed by atoms with Crippen LogP contribution in [0.25, 0.3) is 0 Å². The highest BCUT2D eigenvalue weighted by Gasteiger charge is 2.24. The first kappa shape index (κ1) is 17.3. The smallest absolute Gasteiger partial charge is 0.410 e. The van der Waals surface area contributed by atoms with E-state index in [0.29, 0.717) is 19.6 Å². The summed E-state index contributed by atoms with van der Waals surface area (Å²) < 4.78 is 5.42. The highest BCUT2D eigenvalue weighted by molar-refractivity contribution is 5.87. The first-order valence-corrected chi connectivity index (χ1v) is 8.15. The van der Waals surface area contributed by atoms with Gasteiger partial charge in [0, 0.05) is 13.1 Å². The fourth-order valence-electron chi connectivity index (χ4n) is 2.44. The average Bonchev–Trinajstić information content (AvgIpc) is 2.48. The molecule has 0 radical (unpaired) electrons. The molecule has 23 heavy (non-hydrogen) atoms. The summed E-state index contributed by atoms with van der Waals surface area (Å²) in [6, 6.07) is 8.38. The lowest BCUT2D eigenvalue weighted by molar-refractivity contribution is 0.0276. The number of nitrogens with zero attached hydrogens (tertiary/aromatic N) is 2. The maximum Gasteiger partial charge on any atom is 0.410 e. The molecular weight excluding hydrogens is 290 g/mol. The summed E-state index contributed by atoms with van der Waals surface area (Å²) in [6.45, 7) is 10.3. The first-order valence-electron chi connectivity index (χ1n) is 8.15. The minimum Gasteiger partial charge on any atom is -0.444 e. The SMILES string of the molecule is Cc1ccccc1CCNC1=NCCN(C(=O)OC(C)(C)C)C1. The Morgan fingerprint density at radius 1 is 1.35 bits per heavy atom. The van der Waals surface area contributed by atoms with Gasteiger partial charge in [-0.3, -0.25) is 9.89 Å². The van der Waals surface area contributed by atoms with E-state index in [1.54, 1.807) is 4.90 Å². The zero-order valence-corrected chi connectivity index (χ0v) is 14.6. The molecule has 2 rings (SSSR count). The van der Waals surface area contributed by atoms with E-state index < -0.39 is 5.60 Å². The number of aryl methyl sites for hydroxylation is 1. The maximum atomic E-state index is 12.1. The fourth-order valence-corrected chi connectivity index (χ4v) is 2.44. The van der Waals surface area contributed by atoms with E-state index in [1.165, 1.54) is 11.1 Å². The lowest BCUT2D eigenvalue weighted by atomic mass is 10.1. The second-order valence-electron chi connectivity index (χ2n) is 6.83. The lowest BCUT2D eigenvalue weighted by Crippen LogP contribution is -2.47. The molecule has 1 aliphatic rings. The number of amidine groups is 1. The van der Waals surface area contributed by atoms with Crippen LogP contribution in [0.2, 0.25) is 0 Å². The molecule has 1 N–H and O–H groups in total. The van der Waals surface area contributed by atoms with Gasteiger partial charge in [0.25, 0.3) is 0 Å². The number of carbonyl (C=O) groups is 1. The van der Waals surface area contributed by atoms with E-state index in [9.17, 15) is 4.79 Å². The Morgan fingerprint density at radius 3 is 2.78 bits per heavy atom. The third kappa shape index (κ3) is 5.58. The monoisotopic (exact) mass is 317 g/mol. The number of carbonyl (C=O) groups excluding carboxylic acids is 1. The van der Waals surface area contributed by atoms with Crippen molar-refractivity contribution in [3.05, 3.63) is 35.4 Å². The average molecular weight is 317 g/mol. The van der Waals surface area contributed by atoms with Gasteiger partial charge in [-0.05, 0) is 45.2 Å². The van der Waals surface area contributed by atoms with Gasteiger partial charge in [-0.25, -0.2) is 4.79 Å². The van der Waals surface area contributed by atoms with Crippen molar-refractivity contribution in [1.29, 1.82) is 0 Å². The van der Waals surface area contributed by atoms with Crippen LogP contribution in [0.4, 0.5) is 4.79 Å². The number of hydrogen-bond acceptors (Lipinski definition) is 4. The second kappa shape index (κ2) is 7.49. The van der Waals surface area contributed by atoms with E-state index in [0.717, 1.165) is 18.8 Å². The summed E-state index contributed by atoms with van der Waals surface area (Å²) >= 11 is 0. The number of hydrogen-bond donors (Lipinski definition) is 1. The molecular formula is C18H27N3O2. The molecule has 126 valence electrons. The van der Waals surface area contributed by atoms with Crippen molar-refractivity contribution in [2.75, 3.05) is 26.2 Å². The summed E-state index contributed by atoms with van der Waals surface area (Å²) in [5.41, 5.74) is 2.17. The van der Waals surface area contributed by atoms with Crippen LogP contribution in [0.1, 0.15) is 31.9 Å². The summed E-state index contributed by atoms with van der Waals surface area (Å²) in [5.74, 6) is 0.857. The quantitative estimate of drug-likeness (QED) is 0.932. The second-order valence-corrected chi connectivity index (χ2v) is 6.83. The van der Waals surface area contributed by atoms with Crippen LogP contribution in [-0.4, -0.2) is 48.6 Å². The molecule has 1 heterocycles. The van der Waals surface area contributed by atoms with Crippen molar-refractivity contribution < 1.29 is 9.53 Å². The third-order valence-electron chi connectivity index (χ3n) is 3.65. The molecule has 0 aromatic heterocycles. The van der Waals surface area contributed by atoms with Crippen molar-refractivity contribution in [2.24, 2.45) is 4.99 Å². The molecule has 0 bridgehead atoms. The van der Waals surface area contributed by atoms with Gasteiger partial charge < -0.3 is 10.1 Å². The van der Waals surface area contributed by atoms with Crippen molar-refractivity contribution >= 4 is 11.9 Å². The Balaban J connectivity index is 1.81. The van der Waals surface area contributed by atoms with Crippen molar-refractivity contribution in [3.8, 4) is 0 Å². The number of rotatable bonds is 3. The molecule has 1 amide bonds. The summed E-state index contributed by atoms with van der Waals surface area (Å²) in [6.07, 6.45) is 0.670. The highest BCUT2D eigenvalue weighted by atomic mass is 16.6. The number of aliphatic imine (C=N–C) groups is 1. The molecule has 0 saturated heterocycles. The molecule has 0 fully saturated rings. The summed E-state index contributed by atoms with van der Waals surface area (Å²) in [7, 11) is 0. The van der Waals surface area contributed by atoms with Crippen LogP contribution in [0.15, 0.2) is 29.3 Å². The topological polar surface area (TPSA) is 53.9 Å². The molecule has 0 saturated carbocycles. The molecule has 0 aliphatic carbocycles. The van der Waals surface area contributed by atoms with E-state index in [-0.39, 0.29) is 6.09 Å². The van der Waals surface area contributed by atoms with Gasteiger partial charge in [-0.15, -0.1) is 0 Å². The third-order valence-corrected chi connectivity index (χ3v) is 3.65. The Labute approximate surface area is 138 Å². The predicted molar refractivity (Wildman–Crippen MR) is 93.0 cm³/mol. The van der Waals surface area contributed by atoms with Gasteiger partial charge in [0.05, 0.1) is 13.1 Å². The van der Waals surface area contributed by atoms with Gasteiger partial charge in [0.1, 0.15) is 11.4 Å². The molecule has 1 aromatic carbocycles. The molecule has 0 spiro atoms. The highest BCUT2D eigenvalue weighted by Crippen LogP contribution is 2.11. The predicted octanol–water partition coefficient (Wildman–Crippen LogP) is 2.78. The zero-order chi connectivity index (χ0) is 16.9. The van der Waals surface area contributed by atoms with Gasteiger partial charge in [-0.1, -0.05) is 24.3 Å². The van der Waals surface area contributed by atoms with Crippen molar-refractivity contribution in [2.45, 2.75) is 39.7 Å². The summed E-state index contributed by atoms with van der Waals surface area (Å²) in [5, 5.41) is 3.35. The number of benzene rings is 1. The number of amides is 1. The molecule has 0 unspecified atom stereocenters. The normalized spacial score (nSPS) is 15.1. The lowest BCUT2D eigenvalue weighted by Gasteiger charge is -2.30. The minimum atomic E-state index is -0.468. The fraction of sp³-hybridized carbons (Fsp3) is 0.556. The van der Waals surface area contributed by atoms with E-state index >= 15 is 0 Å². The van der Waals surface area contributed by atoms with E-state index in [1.807, 2.05) is 20.8 Å². The molecule has 5 nitrogen and oxygen atoms in total. The van der Waals surface area contributed by atoms with Gasteiger partial charge >= 0.3 is 6.09 Å². The van der Waals surface area contributed by atoms with Crippen molar-refractivity contribution in [1.82, 2.24) is 10.2 Å². The molecule has 0 atom stereocenters. The van der Waals surface area contributed by atoms with Crippen LogP contribution >= 0.6 is 0 Å². The van der Waals surface area contributed by atoms with Crippen LogP contribution in [0.5, 0.6) is 0 Å². The van der Waals surface area contributed by atoms with Crippen molar-refractivity contribution in [3.63, 3.8) is 0 Å². The first-order chi connectivity index (χ1) is 10.8. The molecule has 5 heteroatoms. The number of nitrogens with one attached hydrogen (secondary N) is 1. The van der Waals surface area contributed by atoms with Gasteiger partial charge in [0.2, 0.25) is 0 Å². The Morgan fingerprint density at radius 2 is 2.09 bits per heavy atom. The maximum absolute atomic E-state index is 12.1. The van der Waals surface area contributed by atoms with Crippen LogP contribution < -0.4 is 5.32 Å². The Hall–Kier alpha value is -2.04. The Kier molecular flexibility index (Phi) is 5.64. The zero-order valence-electron chi connectivity index (χ0n) is 14.6. The van der Waals surface area contributed by atoms with Gasteiger partial charge in [0.15, 0.2) is 0 Å². The van der Waals surface area contributed by atoms with Crippen LogP contribution in [0, 0.1) is 6.92 Å². The number of ether oxygens (including phenoxy) is 1. The Bertz CT molecular complexity index is 576. The van der Waals surface area contributed by atoms with Gasteiger partial charge in [-0.2, -0.15) is 0 Å². The summed E-state index contributed by atoms with van der Waals surface area (Å²) in [4.78, 5) is 18.3. The largest absolute Gasteiger partial charge is 0.444 e.